The van der Waals surface area contributed by atoms with Crippen molar-refractivity contribution in [3.63, 3.8) is 0 Å². The third-order valence-corrected chi connectivity index (χ3v) is 5.37. The van der Waals surface area contributed by atoms with E-state index in [2.05, 4.69) is 15.5 Å². The van der Waals surface area contributed by atoms with Gasteiger partial charge in [0.15, 0.2) is 0 Å². The highest BCUT2D eigenvalue weighted by Gasteiger charge is 2.29. The van der Waals surface area contributed by atoms with Gasteiger partial charge >= 0.3 is 0 Å². The number of carbonyl (C=O) groups excluding carboxylic acids is 2. The van der Waals surface area contributed by atoms with E-state index in [9.17, 15) is 18.4 Å². The first kappa shape index (κ1) is 19.3. The third-order valence-electron chi connectivity index (χ3n) is 4.48. The lowest BCUT2D eigenvalue weighted by Gasteiger charge is -2.31. The van der Waals surface area contributed by atoms with Crippen LogP contribution in [0.15, 0.2) is 18.2 Å². The Labute approximate surface area is 159 Å². The molecule has 0 spiro atoms. The van der Waals surface area contributed by atoms with Crippen molar-refractivity contribution in [2.45, 2.75) is 32.6 Å². The van der Waals surface area contributed by atoms with Crippen molar-refractivity contribution in [1.29, 1.82) is 0 Å². The molecule has 1 N–H and O–H groups in total. The Balaban J connectivity index is 1.54. The maximum Gasteiger partial charge on any atom is 0.256 e. The standard InChI is InChI=1S/C18H20F2N4O2S/c1-2-3-15-22-23-18(27-15)21-16(25)11-6-8-24(9-7-11)17(26)13-5-4-12(19)10-14(13)20/h4-5,10-11H,2-3,6-9H2,1H3,(H,21,23,25). The van der Waals surface area contributed by atoms with Crippen LogP contribution < -0.4 is 5.32 Å². The van der Waals surface area contributed by atoms with Crippen molar-refractivity contribution in [3.8, 4) is 0 Å². The third kappa shape index (κ3) is 4.65. The van der Waals surface area contributed by atoms with Gasteiger partial charge in [-0.1, -0.05) is 18.3 Å². The van der Waals surface area contributed by atoms with Crippen molar-refractivity contribution in [3.05, 3.63) is 40.4 Å². The highest BCUT2D eigenvalue weighted by atomic mass is 32.1. The molecule has 1 saturated heterocycles. The van der Waals surface area contributed by atoms with Crippen molar-refractivity contribution in [2.75, 3.05) is 18.4 Å². The summed E-state index contributed by atoms with van der Waals surface area (Å²) in [7, 11) is 0. The van der Waals surface area contributed by atoms with Crippen LogP contribution in [0.3, 0.4) is 0 Å². The van der Waals surface area contributed by atoms with E-state index in [1.54, 1.807) is 0 Å². The molecule has 9 heteroatoms. The highest BCUT2D eigenvalue weighted by molar-refractivity contribution is 7.15. The summed E-state index contributed by atoms with van der Waals surface area (Å²) in [5, 5.41) is 12.1. The van der Waals surface area contributed by atoms with E-state index in [0.29, 0.717) is 37.1 Å². The second-order valence-electron chi connectivity index (χ2n) is 6.43. The van der Waals surface area contributed by atoms with E-state index in [-0.39, 0.29) is 17.4 Å². The molecule has 0 aliphatic carbocycles. The SMILES string of the molecule is CCCc1nnc(NC(=O)C2CCN(C(=O)c3ccc(F)cc3F)CC2)s1. The number of piperidine rings is 1. The van der Waals surface area contributed by atoms with E-state index in [0.717, 1.165) is 30.0 Å². The predicted molar refractivity (Wildman–Crippen MR) is 97.5 cm³/mol. The summed E-state index contributed by atoms with van der Waals surface area (Å²) < 4.78 is 26.8. The zero-order valence-electron chi connectivity index (χ0n) is 14.9. The molecule has 0 unspecified atom stereocenters. The summed E-state index contributed by atoms with van der Waals surface area (Å²) in [6, 6.07) is 2.91. The summed E-state index contributed by atoms with van der Waals surface area (Å²) >= 11 is 1.36. The van der Waals surface area contributed by atoms with Crippen LogP contribution in [0.4, 0.5) is 13.9 Å². The molecule has 2 aromatic rings. The second kappa shape index (κ2) is 8.51. The quantitative estimate of drug-likeness (QED) is 0.845. The van der Waals surface area contributed by atoms with Crippen LogP contribution in [-0.4, -0.2) is 40.0 Å². The largest absolute Gasteiger partial charge is 0.339 e. The van der Waals surface area contributed by atoms with Gasteiger partial charge in [-0.15, -0.1) is 10.2 Å². The second-order valence-corrected chi connectivity index (χ2v) is 7.49. The first-order valence-electron chi connectivity index (χ1n) is 8.85. The van der Waals surface area contributed by atoms with E-state index >= 15 is 0 Å². The molecule has 144 valence electrons. The number of amides is 2. The lowest BCUT2D eigenvalue weighted by molar-refractivity contribution is -0.121. The Kier molecular flexibility index (Phi) is 6.10. The highest BCUT2D eigenvalue weighted by Crippen LogP contribution is 2.23. The van der Waals surface area contributed by atoms with Gasteiger partial charge in [0, 0.05) is 31.5 Å². The number of nitrogens with zero attached hydrogens (tertiary/aromatic N) is 3. The number of aromatic nitrogens is 2. The predicted octanol–water partition coefficient (Wildman–Crippen LogP) is 3.26. The zero-order chi connectivity index (χ0) is 19.4. The van der Waals surface area contributed by atoms with E-state index in [1.165, 1.54) is 16.2 Å². The summed E-state index contributed by atoms with van der Waals surface area (Å²) in [6.45, 7) is 2.72. The number of anilines is 1. The first-order valence-corrected chi connectivity index (χ1v) is 9.67. The van der Waals surface area contributed by atoms with Crippen molar-refractivity contribution >= 4 is 28.3 Å². The minimum atomic E-state index is -0.876. The fourth-order valence-corrected chi connectivity index (χ4v) is 3.85. The molecular formula is C18H20F2N4O2S. The first-order chi connectivity index (χ1) is 13.0. The topological polar surface area (TPSA) is 75.2 Å². The monoisotopic (exact) mass is 394 g/mol. The number of nitrogens with one attached hydrogen (secondary N) is 1. The van der Waals surface area contributed by atoms with Crippen LogP contribution in [-0.2, 0) is 11.2 Å². The Morgan fingerprint density at radius 2 is 2.00 bits per heavy atom. The summed E-state index contributed by atoms with van der Waals surface area (Å²) in [6.07, 6.45) is 2.74. The molecule has 0 radical (unpaired) electrons. The summed E-state index contributed by atoms with van der Waals surface area (Å²) in [5.41, 5.74) is -0.156. The number of hydrogen-bond donors (Lipinski definition) is 1. The van der Waals surface area contributed by atoms with Gasteiger partial charge in [0.05, 0.1) is 5.56 Å². The van der Waals surface area contributed by atoms with Crippen molar-refractivity contribution < 1.29 is 18.4 Å². The number of rotatable bonds is 5. The molecule has 1 aromatic heterocycles. The van der Waals surface area contributed by atoms with Gasteiger partial charge in [-0.25, -0.2) is 8.78 Å². The molecule has 1 fully saturated rings. The molecule has 1 aromatic carbocycles. The molecule has 0 saturated carbocycles. The molecule has 6 nitrogen and oxygen atoms in total. The Hall–Kier alpha value is -2.42. The minimum Gasteiger partial charge on any atom is -0.339 e. The molecular weight excluding hydrogens is 374 g/mol. The molecule has 1 aliphatic rings. The average molecular weight is 394 g/mol. The Bertz CT molecular complexity index is 835. The fourth-order valence-electron chi connectivity index (χ4n) is 3.00. The van der Waals surface area contributed by atoms with Gasteiger partial charge in [-0.3, -0.25) is 9.59 Å². The van der Waals surface area contributed by atoms with Gasteiger partial charge in [0.25, 0.3) is 5.91 Å². The van der Waals surface area contributed by atoms with E-state index in [4.69, 9.17) is 0 Å². The van der Waals surface area contributed by atoms with E-state index in [1.807, 2.05) is 6.92 Å². The number of benzene rings is 1. The fraction of sp³-hybridized carbons (Fsp3) is 0.444. The maximum absolute atomic E-state index is 13.8. The molecule has 2 amide bonds. The molecule has 0 bridgehead atoms. The number of likely N-dealkylation sites (tertiary alicyclic amines) is 1. The number of hydrogen-bond acceptors (Lipinski definition) is 5. The summed E-state index contributed by atoms with van der Waals surface area (Å²) in [4.78, 5) is 26.3. The number of aryl methyl sites for hydroxylation is 1. The lowest BCUT2D eigenvalue weighted by Crippen LogP contribution is -2.41. The van der Waals surface area contributed by atoms with Crippen LogP contribution in [0, 0.1) is 17.6 Å². The van der Waals surface area contributed by atoms with Gasteiger partial charge in [0.1, 0.15) is 16.6 Å². The van der Waals surface area contributed by atoms with Crippen molar-refractivity contribution in [2.24, 2.45) is 5.92 Å². The maximum atomic E-state index is 13.8. The van der Waals surface area contributed by atoms with E-state index < -0.39 is 17.5 Å². The van der Waals surface area contributed by atoms with Crippen LogP contribution in [0.5, 0.6) is 0 Å². The van der Waals surface area contributed by atoms with Crippen LogP contribution in [0.2, 0.25) is 0 Å². The number of halogens is 2. The van der Waals surface area contributed by atoms with Gasteiger partial charge in [-0.2, -0.15) is 0 Å². The number of carbonyl (C=O) groups is 2. The summed E-state index contributed by atoms with van der Waals surface area (Å²) in [5.74, 6) is -2.48. The van der Waals surface area contributed by atoms with Crippen molar-refractivity contribution in [1.82, 2.24) is 15.1 Å². The molecule has 3 rings (SSSR count). The van der Waals surface area contributed by atoms with Gasteiger partial charge < -0.3 is 10.2 Å². The minimum absolute atomic E-state index is 0.144. The van der Waals surface area contributed by atoms with Crippen LogP contribution in [0.1, 0.15) is 41.6 Å². The van der Waals surface area contributed by atoms with Gasteiger partial charge in [-0.05, 0) is 31.4 Å². The Morgan fingerprint density at radius 1 is 1.26 bits per heavy atom. The molecule has 27 heavy (non-hydrogen) atoms. The molecule has 1 aliphatic heterocycles. The smallest absolute Gasteiger partial charge is 0.256 e. The zero-order valence-corrected chi connectivity index (χ0v) is 15.7. The average Bonchev–Trinajstić information content (AvgIpc) is 3.08. The molecule has 2 heterocycles. The van der Waals surface area contributed by atoms with Crippen LogP contribution >= 0.6 is 11.3 Å². The normalized spacial score (nSPS) is 15.0. The Morgan fingerprint density at radius 3 is 2.67 bits per heavy atom. The molecule has 0 atom stereocenters. The van der Waals surface area contributed by atoms with Gasteiger partial charge in [0.2, 0.25) is 11.0 Å². The van der Waals surface area contributed by atoms with Crippen LogP contribution in [0.25, 0.3) is 0 Å². The lowest BCUT2D eigenvalue weighted by atomic mass is 9.95.